The van der Waals surface area contributed by atoms with Crippen molar-refractivity contribution in [3.63, 3.8) is 0 Å². The highest BCUT2D eigenvalue weighted by molar-refractivity contribution is 7.15. The molecule has 0 atom stereocenters. The molecule has 0 aliphatic carbocycles. The third-order valence-electron chi connectivity index (χ3n) is 5.42. The number of aromatic nitrogens is 3. The minimum absolute atomic E-state index is 0.275. The van der Waals surface area contributed by atoms with E-state index in [0.29, 0.717) is 33.5 Å². The highest BCUT2D eigenvalue weighted by Gasteiger charge is 2.19. The average Bonchev–Trinajstić information content (AvgIpc) is 3.18. The van der Waals surface area contributed by atoms with E-state index < -0.39 is 0 Å². The standard InChI is InChI=1S/C23H27N7OS/c1-25-21-17(9-10-19(29-21)30-12-6-2-3-7-13-30)20(24)18-15-28-23(32-18)22(31)27-14-16-8-4-5-11-26-16/h4-5,8-11,15,24H,2-3,6-7,12-14H2,1H3,(H,25,29)(H,27,31). The third kappa shape index (κ3) is 5.11. The van der Waals surface area contributed by atoms with Crippen LogP contribution in [0, 0.1) is 5.41 Å². The van der Waals surface area contributed by atoms with Crippen LogP contribution in [0.25, 0.3) is 0 Å². The average molecular weight is 450 g/mol. The van der Waals surface area contributed by atoms with Crippen LogP contribution in [0.5, 0.6) is 0 Å². The molecule has 0 saturated carbocycles. The lowest BCUT2D eigenvalue weighted by molar-refractivity contribution is 0.0950. The van der Waals surface area contributed by atoms with E-state index in [1.54, 1.807) is 12.4 Å². The van der Waals surface area contributed by atoms with Crippen molar-refractivity contribution >= 4 is 34.6 Å². The SMILES string of the molecule is CNc1nc(N2CCCCCC2)ccc1C(=N)c1cnc(C(=O)NCc2ccccn2)s1. The molecule has 9 heteroatoms. The number of pyridine rings is 2. The van der Waals surface area contributed by atoms with Gasteiger partial charge in [-0.05, 0) is 37.1 Å². The molecule has 1 saturated heterocycles. The monoisotopic (exact) mass is 449 g/mol. The number of anilines is 2. The van der Waals surface area contributed by atoms with Crippen LogP contribution in [0.15, 0.2) is 42.7 Å². The molecule has 1 amide bonds. The smallest absolute Gasteiger partial charge is 0.280 e. The minimum atomic E-state index is -0.275. The molecule has 4 rings (SSSR count). The van der Waals surface area contributed by atoms with Crippen molar-refractivity contribution in [1.29, 1.82) is 5.41 Å². The largest absolute Gasteiger partial charge is 0.373 e. The first-order chi connectivity index (χ1) is 15.7. The van der Waals surface area contributed by atoms with Crippen molar-refractivity contribution in [3.05, 3.63) is 63.9 Å². The molecule has 0 spiro atoms. The Morgan fingerprint density at radius 3 is 2.66 bits per heavy atom. The van der Waals surface area contributed by atoms with Gasteiger partial charge in [-0.2, -0.15) is 0 Å². The number of rotatable bonds is 7. The molecule has 32 heavy (non-hydrogen) atoms. The maximum Gasteiger partial charge on any atom is 0.280 e. The van der Waals surface area contributed by atoms with Gasteiger partial charge in [0.2, 0.25) is 0 Å². The number of hydrogen-bond acceptors (Lipinski definition) is 8. The Morgan fingerprint density at radius 2 is 1.94 bits per heavy atom. The van der Waals surface area contributed by atoms with Gasteiger partial charge >= 0.3 is 0 Å². The zero-order valence-electron chi connectivity index (χ0n) is 18.1. The fraction of sp³-hybridized carbons (Fsp3) is 0.348. The van der Waals surface area contributed by atoms with Gasteiger partial charge in [-0.15, -0.1) is 11.3 Å². The summed E-state index contributed by atoms with van der Waals surface area (Å²) in [7, 11) is 1.81. The summed E-state index contributed by atoms with van der Waals surface area (Å²) in [5, 5.41) is 15.0. The molecular weight excluding hydrogens is 422 g/mol. The van der Waals surface area contributed by atoms with E-state index in [4.69, 9.17) is 10.4 Å². The molecule has 0 bridgehead atoms. The summed E-state index contributed by atoms with van der Waals surface area (Å²) >= 11 is 1.20. The van der Waals surface area contributed by atoms with E-state index in [1.807, 2.05) is 37.4 Å². The van der Waals surface area contributed by atoms with Crippen molar-refractivity contribution in [1.82, 2.24) is 20.3 Å². The number of nitrogens with one attached hydrogen (secondary N) is 3. The highest BCUT2D eigenvalue weighted by atomic mass is 32.1. The quantitative estimate of drug-likeness (QED) is 0.475. The normalized spacial score (nSPS) is 14.0. The van der Waals surface area contributed by atoms with Gasteiger partial charge < -0.3 is 15.5 Å². The second-order valence-electron chi connectivity index (χ2n) is 7.63. The maximum absolute atomic E-state index is 12.5. The van der Waals surface area contributed by atoms with Gasteiger partial charge in [0.15, 0.2) is 5.01 Å². The Morgan fingerprint density at radius 1 is 1.12 bits per heavy atom. The molecule has 1 aliphatic rings. The van der Waals surface area contributed by atoms with Gasteiger partial charge in [-0.1, -0.05) is 18.9 Å². The Bertz CT molecular complexity index is 1070. The summed E-state index contributed by atoms with van der Waals surface area (Å²) in [4.78, 5) is 28.6. The van der Waals surface area contributed by atoms with Crippen LogP contribution >= 0.6 is 11.3 Å². The van der Waals surface area contributed by atoms with Crippen LogP contribution in [0.1, 0.15) is 51.6 Å². The van der Waals surface area contributed by atoms with Gasteiger partial charge in [0.25, 0.3) is 5.91 Å². The van der Waals surface area contributed by atoms with Crippen molar-refractivity contribution < 1.29 is 4.79 Å². The predicted octanol–water partition coefficient (Wildman–Crippen LogP) is 3.70. The van der Waals surface area contributed by atoms with Crippen molar-refractivity contribution in [2.75, 3.05) is 30.4 Å². The van der Waals surface area contributed by atoms with E-state index >= 15 is 0 Å². The van der Waals surface area contributed by atoms with Gasteiger partial charge in [-0.3, -0.25) is 15.2 Å². The summed E-state index contributed by atoms with van der Waals surface area (Å²) in [6.45, 7) is 2.36. The summed E-state index contributed by atoms with van der Waals surface area (Å²) in [5.74, 6) is 1.32. The molecule has 0 radical (unpaired) electrons. The van der Waals surface area contributed by atoms with Crippen LogP contribution in [-0.4, -0.2) is 46.7 Å². The van der Waals surface area contributed by atoms with Crippen molar-refractivity contribution in [2.24, 2.45) is 0 Å². The highest BCUT2D eigenvalue weighted by Crippen LogP contribution is 2.25. The zero-order valence-corrected chi connectivity index (χ0v) is 18.9. The summed E-state index contributed by atoms with van der Waals surface area (Å²) in [6, 6.07) is 9.48. The lowest BCUT2D eigenvalue weighted by atomic mass is 10.1. The molecule has 4 heterocycles. The molecule has 3 N–H and O–H groups in total. The maximum atomic E-state index is 12.5. The van der Waals surface area contributed by atoms with Crippen LogP contribution < -0.4 is 15.5 Å². The van der Waals surface area contributed by atoms with Gasteiger partial charge in [-0.25, -0.2) is 9.97 Å². The Balaban J connectivity index is 1.47. The number of hydrogen-bond donors (Lipinski definition) is 3. The zero-order chi connectivity index (χ0) is 22.3. The Kier molecular flexibility index (Phi) is 7.06. The van der Waals surface area contributed by atoms with Gasteiger partial charge in [0.1, 0.15) is 11.6 Å². The van der Waals surface area contributed by atoms with Crippen molar-refractivity contribution in [2.45, 2.75) is 32.2 Å². The fourth-order valence-corrected chi connectivity index (χ4v) is 4.49. The molecule has 8 nitrogen and oxygen atoms in total. The van der Waals surface area contributed by atoms with Crippen LogP contribution in [0.3, 0.4) is 0 Å². The van der Waals surface area contributed by atoms with Crippen LogP contribution in [-0.2, 0) is 6.54 Å². The Hall–Kier alpha value is -3.33. The minimum Gasteiger partial charge on any atom is -0.373 e. The Labute approximate surface area is 191 Å². The van der Waals surface area contributed by atoms with Crippen molar-refractivity contribution in [3.8, 4) is 0 Å². The second kappa shape index (κ2) is 10.3. The van der Waals surface area contributed by atoms with E-state index in [9.17, 15) is 4.79 Å². The van der Waals surface area contributed by atoms with Crippen LogP contribution in [0.4, 0.5) is 11.6 Å². The van der Waals surface area contributed by atoms with E-state index in [0.717, 1.165) is 24.6 Å². The van der Waals surface area contributed by atoms with Gasteiger partial charge in [0.05, 0.1) is 22.8 Å². The number of amides is 1. The topological polar surface area (TPSA) is 107 Å². The fourth-order valence-electron chi connectivity index (χ4n) is 3.69. The lowest BCUT2D eigenvalue weighted by Gasteiger charge is -2.22. The summed E-state index contributed by atoms with van der Waals surface area (Å²) < 4.78 is 0. The molecule has 0 unspecified atom stereocenters. The van der Waals surface area contributed by atoms with Gasteiger partial charge in [0, 0.05) is 38.1 Å². The first-order valence-electron chi connectivity index (χ1n) is 10.8. The summed E-state index contributed by atoms with van der Waals surface area (Å²) in [6.07, 6.45) is 8.16. The number of carbonyl (C=O) groups excluding carboxylic acids is 1. The lowest BCUT2D eigenvalue weighted by Crippen LogP contribution is -2.25. The third-order valence-corrected chi connectivity index (χ3v) is 6.43. The molecule has 166 valence electrons. The van der Waals surface area contributed by atoms with E-state index in [2.05, 4.69) is 25.5 Å². The molecule has 1 aliphatic heterocycles. The molecule has 3 aromatic heterocycles. The second-order valence-corrected chi connectivity index (χ2v) is 8.66. The van der Waals surface area contributed by atoms with Crippen LogP contribution in [0.2, 0.25) is 0 Å². The first-order valence-corrected chi connectivity index (χ1v) is 11.6. The molecule has 1 fully saturated rings. The van der Waals surface area contributed by atoms with E-state index in [-0.39, 0.29) is 5.91 Å². The summed E-state index contributed by atoms with van der Waals surface area (Å²) in [5.41, 5.74) is 1.76. The number of nitrogens with zero attached hydrogens (tertiary/aromatic N) is 4. The first kappa shape index (κ1) is 21.9. The van der Waals surface area contributed by atoms with E-state index in [1.165, 1.54) is 37.0 Å². The molecule has 0 aromatic carbocycles. The number of thiazole rings is 1. The molecule has 3 aromatic rings. The predicted molar refractivity (Wildman–Crippen MR) is 128 cm³/mol. The molecular formula is C23H27N7OS. The number of carbonyl (C=O) groups is 1.